The van der Waals surface area contributed by atoms with Crippen LogP contribution in [0, 0.1) is 6.92 Å². The smallest absolute Gasteiger partial charge is 0.407 e. The lowest BCUT2D eigenvalue weighted by Crippen LogP contribution is -2.49. The van der Waals surface area contributed by atoms with Crippen molar-refractivity contribution in [3.63, 3.8) is 0 Å². The quantitative estimate of drug-likeness (QED) is 0.166. The Hall–Kier alpha value is -5.11. The number of primary amides is 1. The number of ether oxygens (including phenoxy) is 1. The molecule has 0 aromatic heterocycles. The van der Waals surface area contributed by atoms with Crippen molar-refractivity contribution in [3.05, 3.63) is 125 Å². The molecule has 44 heavy (non-hydrogen) atoms. The first-order chi connectivity index (χ1) is 21.3. The Labute approximate surface area is 258 Å². The molecule has 0 saturated heterocycles. The fourth-order valence-electron chi connectivity index (χ4n) is 5.03. The van der Waals surface area contributed by atoms with Gasteiger partial charge in [0.25, 0.3) is 0 Å². The first-order valence-electron chi connectivity index (χ1n) is 14.8. The molecule has 8 heteroatoms. The SMILES string of the molecule is Cc1ccc(-c2ccccc2CC(=O)N(CCc2ccc(O)cc2)[C@H](CCCNC(=O)OCc2ccccc2)C(N)=O)cc1. The number of hydrogen-bond donors (Lipinski definition) is 3. The molecule has 0 fully saturated rings. The highest BCUT2D eigenvalue weighted by molar-refractivity contribution is 5.88. The first-order valence-corrected chi connectivity index (χ1v) is 14.8. The number of amides is 3. The summed E-state index contributed by atoms with van der Waals surface area (Å²) in [5.41, 5.74) is 11.6. The van der Waals surface area contributed by atoms with Crippen molar-refractivity contribution in [1.82, 2.24) is 10.2 Å². The predicted molar refractivity (Wildman–Crippen MR) is 171 cm³/mol. The minimum atomic E-state index is -0.867. The van der Waals surface area contributed by atoms with Gasteiger partial charge in [0.1, 0.15) is 18.4 Å². The highest BCUT2D eigenvalue weighted by atomic mass is 16.5. The van der Waals surface area contributed by atoms with E-state index in [1.54, 1.807) is 29.2 Å². The Kier molecular flexibility index (Phi) is 11.5. The van der Waals surface area contributed by atoms with Crippen LogP contribution in [0.1, 0.15) is 35.1 Å². The van der Waals surface area contributed by atoms with Gasteiger partial charge in [-0.1, -0.05) is 96.6 Å². The van der Waals surface area contributed by atoms with Gasteiger partial charge in [-0.2, -0.15) is 0 Å². The molecule has 0 aliphatic carbocycles. The number of hydrogen-bond acceptors (Lipinski definition) is 5. The molecule has 0 aliphatic heterocycles. The summed E-state index contributed by atoms with van der Waals surface area (Å²) in [5.74, 6) is -0.677. The number of aromatic hydroxyl groups is 1. The van der Waals surface area contributed by atoms with Crippen LogP contribution in [0.15, 0.2) is 103 Å². The number of nitrogens with zero attached hydrogens (tertiary/aromatic N) is 1. The second-order valence-electron chi connectivity index (χ2n) is 10.8. The summed E-state index contributed by atoms with van der Waals surface area (Å²) in [6.45, 7) is 2.70. The minimum Gasteiger partial charge on any atom is -0.508 e. The summed E-state index contributed by atoms with van der Waals surface area (Å²) >= 11 is 0. The molecule has 0 radical (unpaired) electrons. The fraction of sp³-hybridized carbons (Fsp3) is 0.250. The number of nitrogens with one attached hydrogen (secondary N) is 1. The van der Waals surface area contributed by atoms with E-state index in [1.807, 2.05) is 85.8 Å². The summed E-state index contributed by atoms with van der Waals surface area (Å²) in [4.78, 5) is 40.4. The van der Waals surface area contributed by atoms with Crippen molar-refractivity contribution < 1.29 is 24.2 Å². The molecule has 0 unspecified atom stereocenters. The van der Waals surface area contributed by atoms with Gasteiger partial charge in [0.15, 0.2) is 0 Å². The molecule has 0 aliphatic rings. The molecule has 3 amide bonds. The Balaban J connectivity index is 1.44. The summed E-state index contributed by atoms with van der Waals surface area (Å²) in [6.07, 6.45) is 0.691. The van der Waals surface area contributed by atoms with Crippen LogP contribution in [0.5, 0.6) is 5.75 Å². The maximum absolute atomic E-state index is 13.9. The topological polar surface area (TPSA) is 122 Å². The lowest BCUT2D eigenvalue weighted by atomic mass is 9.96. The van der Waals surface area contributed by atoms with Crippen LogP contribution in [0.25, 0.3) is 11.1 Å². The van der Waals surface area contributed by atoms with Crippen LogP contribution in [0.4, 0.5) is 4.79 Å². The van der Waals surface area contributed by atoms with Gasteiger partial charge < -0.3 is 25.8 Å². The second-order valence-corrected chi connectivity index (χ2v) is 10.8. The molecule has 4 N–H and O–H groups in total. The lowest BCUT2D eigenvalue weighted by Gasteiger charge is -2.30. The Morgan fingerprint density at radius 2 is 1.55 bits per heavy atom. The van der Waals surface area contributed by atoms with Gasteiger partial charge in [0.05, 0.1) is 6.42 Å². The lowest BCUT2D eigenvalue weighted by molar-refractivity contribution is -0.139. The number of phenolic OH excluding ortho intramolecular Hbond substituents is 1. The zero-order chi connectivity index (χ0) is 31.3. The Bertz CT molecular complexity index is 1520. The molecule has 0 bridgehead atoms. The molecule has 4 rings (SSSR count). The van der Waals surface area contributed by atoms with Crippen LogP contribution < -0.4 is 11.1 Å². The molecule has 228 valence electrons. The minimum absolute atomic E-state index is 0.0907. The van der Waals surface area contributed by atoms with E-state index in [2.05, 4.69) is 5.32 Å². The predicted octanol–water partition coefficient (Wildman–Crippen LogP) is 5.54. The summed E-state index contributed by atoms with van der Waals surface area (Å²) in [6, 6.07) is 31.1. The molecule has 8 nitrogen and oxygen atoms in total. The molecule has 0 spiro atoms. The van der Waals surface area contributed by atoms with E-state index in [0.29, 0.717) is 12.8 Å². The number of nitrogens with two attached hydrogens (primary N) is 1. The highest BCUT2D eigenvalue weighted by Crippen LogP contribution is 2.25. The largest absolute Gasteiger partial charge is 0.508 e. The molecular weight excluding hydrogens is 554 g/mol. The number of benzene rings is 4. The van der Waals surface area contributed by atoms with Gasteiger partial charge in [-0.15, -0.1) is 0 Å². The van der Waals surface area contributed by atoms with E-state index < -0.39 is 18.0 Å². The van der Waals surface area contributed by atoms with Crippen LogP contribution in [-0.4, -0.2) is 47.0 Å². The summed E-state index contributed by atoms with van der Waals surface area (Å²) < 4.78 is 5.26. The van der Waals surface area contributed by atoms with Gasteiger partial charge >= 0.3 is 6.09 Å². The average Bonchev–Trinajstić information content (AvgIpc) is 3.03. The number of aryl methyl sites for hydroxylation is 1. The van der Waals surface area contributed by atoms with E-state index >= 15 is 0 Å². The van der Waals surface area contributed by atoms with Crippen LogP contribution in [0.2, 0.25) is 0 Å². The number of rotatable bonds is 14. The third-order valence-electron chi connectivity index (χ3n) is 7.46. The van der Waals surface area contributed by atoms with Gasteiger partial charge in [-0.25, -0.2) is 4.79 Å². The number of carbonyl (C=O) groups excluding carboxylic acids is 3. The number of carbonyl (C=O) groups is 3. The molecule has 4 aromatic carbocycles. The third kappa shape index (κ3) is 9.46. The normalized spacial score (nSPS) is 11.4. The molecule has 0 saturated carbocycles. The Morgan fingerprint density at radius 3 is 2.25 bits per heavy atom. The zero-order valence-electron chi connectivity index (χ0n) is 24.9. The van der Waals surface area contributed by atoms with Gasteiger partial charge in [0.2, 0.25) is 11.8 Å². The maximum Gasteiger partial charge on any atom is 0.407 e. The van der Waals surface area contributed by atoms with E-state index in [9.17, 15) is 19.5 Å². The fourth-order valence-corrected chi connectivity index (χ4v) is 5.03. The Morgan fingerprint density at radius 1 is 0.864 bits per heavy atom. The van der Waals surface area contributed by atoms with E-state index in [1.165, 1.54) is 0 Å². The molecule has 0 heterocycles. The van der Waals surface area contributed by atoms with E-state index in [4.69, 9.17) is 10.5 Å². The first kappa shape index (κ1) is 31.8. The van der Waals surface area contributed by atoms with Crippen molar-refractivity contribution >= 4 is 17.9 Å². The monoisotopic (exact) mass is 593 g/mol. The van der Waals surface area contributed by atoms with Crippen LogP contribution >= 0.6 is 0 Å². The third-order valence-corrected chi connectivity index (χ3v) is 7.46. The van der Waals surface area contributed by atoms with Crippen LogP contribution in [-0.2, 0) is 33.8 Å². The average molecular weight is 594 g/mol. The van der Waals surface area contributed by atoms with Crippen molar-refractivity contribution in [2.45, 2.75) is 45.3 Å². The van der Waals surface area contributed by atoms with Gasteiger partial charge in [0, 0.05) is 13.1 Å². The second kappa shape index (κ2) is 15.9. The number of phenols is 1. The zero-order valence-corrected chi connectivity index (χ0v) is 24.9. The number of alkyl carbamates (subject to hydrolysis) is 1. The summed E-state index contributed by atoms with van der Waals surface area (Å²) in [5, 5.41) is 12.4. The van der Waals surface area contributed by atoms with Gasteiger partial charge in [-0.3, -0.25) is 9.59 Å². The van der Waals surface area contributed by atoms with E-state index in [0.717, 1.165) is 33.4 Å². The van der Waals surface area contributed by atoms with Crippen molar-refractivity contribution in [2.24, 2.45) is 5.73 Å². The highest BCUT2D eigenvalue weighted by Gasteiger charge is 2.28. The molecule has 4 aromatic rings. The molecular formula is C36H39N3O5. The van der Waals surface area contributed by atoms with Crippen molar-refractivity contribution in [2.75, 3.05) is 13.1 Å². The summed E-state index contributed by atoms with van der Waals surface area (Å²) in [7, 11) is 0. The van der Waals surface area contributed by atoms with E-state index in [-0.39, 0.29) is 44.2 Å². The van der Waals surface area contributed by atoms with Crippen molar-refractivity contribution in [1.29, 1.82) is 0 Å². The van der Waals surface area contributed by atoms with Gasteiger partial charge in [-0.05, 0) is 66.1 Å². The van der Waals surface area contributed by atoms with Crippen LogP contribution in [0.3, 0.4) is 0 Å². The standard InChI is InChI=1S/C36H39N3O5/c1-26-13-17-29(18-14-26)32-11-6-5-10-30(32)24-34(41)39(23-21-27-15-19-31(40)20-16-27)33(35(37)42)12-7-22-38-36(43)44-25-28-8-3-2-4-9-28/h2-6,8-11,13-20,33,40H,7,12,21-25H2,1H3,(H2,37,42)(H,38,43)/t33-/m1/s1. The maximum atomic E-state index is 13.9. The molecule has 1 atom stereocenters. The van der Waals surface area contributed by atoms with Crippen molar-refractivity contribution in [3.8, 4) is 16.9 Å².